The third kappa shape index (κ3) is 3.02. The Morgan fingerprint density at radius 3 is 2.10 bits per heavy atom. The van der Waals surface area contributed by atoms with E-state index in [1.54, 1.807) is 0 Å². The smallest absolute Gasteiger partial charge is 0.327 e. The van der Waals surface area contributed by atoms with Gasteiger partial charge in [0, 0.05) is 12.8 Å². The van der Waals surface area contributed by atoms with Crippen LogP contribution in [0.1, 0.15) is 58.8 Å². The van der Waals surface area contributed by atoms with E-state index < -0.39 is 12.0 Å². The molecule has 0 radical (unpaired) electrons. The van der Waals surface area contributed by atoms with Gasteiger partial charge in [0.05, 0.1) is 0 Å². The minimum Gasteiger partial charge on any atom is -0.480 e. The lowest BCUT2D eigenvalue weighted by Gasteiger charge is -2.40. The predicted octanol–water partition coefficient (Wildman–Crippen LogP) is 2.20. The minimum absolute atomic E-state index is 0.0876. The topological polar surface area (TPSA) is 74.7 Å². The molecular formula is C15H23NO4. The number of carboxylic acid groups (broad SMARTS) is 1. The van der Waals surface area contributed by atoms with Crippen molar-refractivity contribution >= 4 is 17.8 Å². The number of piperidine rings is 1. The van der Waals surface area contributed by atoms with Crippen LogP contribution in [-0.4, -0.2) is 33.8 Å². The van der Waals surface area contributed by atoms with Gasteiger partial charge in [0.15, 0.2) is 0 Å². The maximum Gasteiger partial charge on any atom is 0.327 e. The van der Waals surface area contributed by atoms with Crippen molar-refractivity contribution in [3.05, 3.63) is 0 Å². The molecule has 2 fully saturated rings. The minimum atomic E-state index is -1.04. The third-order valence-electron chi connectivity index (χ3n) is 4.42. The van der Waals surface area contributed by atoms with E-state index in [1.807, 2.05) is 13.8 Å². The fourth-order valence-corrected chi connectivity index (χ4v) is 3.47. The number of imide groups is 1. The van der Waals surface area contributed by atoms with Crippen LogP contribution in [0.4, 0.5) is 0 Å². The zero-order chi connectivity index (χ0) is 14.9. The van der Waals surface area contributed by atoms with Gasteiger partial charge in [-0.1, -0.05) is 33.1 Å². The molecule has 1 saturated heterocycles. The first-order valence-corrected chi connectivity index (χ1v) is 7.39. The standard InChI is InChI=1S/C15H23NO4/c1-15(2)8-11(17)16(12(18)9-15)13(14(19)20)10-6-4-3-5-7-10/h10,13H,3-9H2,1-2H3,(H,19,20). The van der Waals surface area contributed by atoms with Crippen LogP contribution < -0.4 is 0 Å². The van der Waals surface area contributed by atoms with Crippen LogP contribution in [0.25, 0.3) is 0 Å². The van der Waals surface area contributed by atoms with Gasteiger partial charge in [-0.3, -0.25) is 14.5 Å². The van der Waals surface area contributed by atoms with Gasteiger partial charge in [0.25, 0.3) is 0 Å². The first kappa shape index (κ1) is 15.0. The van der Waals surface area contributed by atoms with Crippen LogP contribution in [0, 0.1) is 11.3 Å². The first-order valence-electron chi connectivity index (χ1n) is 7.39. The Kier molecular flexibility index (Phi) is 4.16. The van der Waals surface area contributed by atoms with Crippen molar-refractivity contribution in [1.29, 1.82) is 0 Å². The molecular weight excluding hydrogens is 258 g/mol. The molecule has 2 amide bonds. The molecule has 2 rings (SSSR count). The Hall–Kier alpha value is -1.39. The Morgan fingerprint density at radius 2 is 1.65 bits per heavy atom. The number of hydrogen-bond donors (Lipinski definition) is 1. The van der Waals surface area contributed by atoms with Crippen LogP contribution in [0.5, 0.6) is 0 Å². The summed E-state index contributed by atoms with van der Waals surface area (Å²) in [5, 5.41) is 9.50. The fraction of sp³-hybridized carbons (Fsp3) is 0.800. The van der Waals surface area contributed by atoms with E-state index in [9.17, 15) is 19.5 Å². The number of aliphatic carboxylic acids is 1. The van der Waals surface area contributed by atoms with Crippen molar-refractivity contribution in [2.45, 2.75) is 64.8 Å². The highest BCUT2D eigenvalue weighted by molar-refractivity contribution is 6.01. The summed E-state index contributed by atoms with van der Waals surface area (Å²) in [7, 11) is 0. The summed E-state index contributed by atoms with van der Waals surface area (Å²) in [6.07, 6.45) is 5.14. The average molecular weight is 281 g/mol. The molecule has 1 unspecified atom stereocenters. The van der Waals surface area contributed by atoms with Crippen molar-refractivity contribution in [2.75, 3.05) is 0 Å². The van der Waals surface area contributed by atoms with E-state index in [1.165, 1.54) is 0 Å². The summed E-state index contributed by atoms with van der Waals surface area (Å²) in [5.41, 5.74) is -0.361. The summed E-state index contributed by atoms with van der Waals surface area (Å²) in [6, 6.07) is -0.966. The lowest BCUT2D eigenvalue weighted by atomic mass is 9.78. The lowest BCUT2D eigenvalue weighted by Crippen LogP contribution is -2.56. The molecule has 0 aromatic carbocycles. The number of amides is 2. The van der Waals surface area contributed by atoms with Gasteiger partial charge in [-0.25, -0.2) is 4.79 Å². The second kappa shape index (κ2) is 5.54. The highest BCUT2D eigenvalue weighted by Crippen LogP contribution is 2.36. The summed E-state index contributed by atoms with van der Waals surface area (Å²) in [5.74, 6) is -1.79. The number of carbonyl (C=O) groups is 3. The number of carbonyl (C=O) groups excluding carboxylic acids is 2. The number of carboxylic acids is 1. The van der Waals surface area contributed by atoms with Crippen LogP contribution in [-0.2, 0) is 14.4 Å². The van der Waals surface area contributed by atoms with Crippen molar-refractivity contribution in [1.82, 2.24) is 4.90 Å². The van der Waals surface area contributed by atoms with Crippen molar-refractivity contribution < 1.29 is 19.5 Å². The van der Waals surface area contributed by atoms with Crippen molar-refractivity contribution in [2.24, 2.45) is 11.3 Å². The molecule has 1 aliphatic heterocycles. The average Bonchev–Trinajstić information content (AvgIpc) is 2.33. The molecule has 2 aliphatic rings. The van der Waals surface area contributed by atoms with Gasteiger partial charge in [-0.2, -0.15) is 0 Å². The van der Waals surface area contributed by atoms with Crippen LogP contribution in [0.2, 0.25) is 0 Å². The van der Waals surface area contributed by atoms with Crippen molar-refractivity contribution in [3.63, 3.8) is 0 Å². The normalized spacial score (nSPS) is 25.6. The van der Waals surface area contributed by atoms with Crippen LogP contribution in [0.15, 0.2) is 0 Å². The second-order valence-corrected chi connectivity index (χ2v) is 6.86. The lowest BCUT2D eigenvalue weighted by molar-refractivity contribution is -0.166. The van der Waals surface area contributed by atoms with Crippen LogP contribution >= 0.6 is 0 Å². The molecule has 1 atom stereocenters. The molecule has 1 aliphatic carbocycles. The number of likely N-dealkylation sites (tertiary alicyclic amines) is 1. The van der Waals surface area contributed by atoms with E-state index in [4.69, 9.17) is 0 Å². The van der Waals surface area contributed by atoms with E-state index >= 15 is 0 Å². The molecule has 1 saturated carbocycles. The summed E-state index contributed by atoms with van der Waals surface area (Å²) in [6.45, 7) is 3.74. The highest BCUT2D eigenvalue weighted by atomic mass is 16.4. The summed E-state index contributed by atoms with van der Waals surface area (Å²) < 4.78 is 0. The molecule has 0 spiro atoms. The largest absolute Gasteiger partial charge is 0.480 e. The van der Waals surface area contributed by atoms with E-state index in [0.29, 0.717) is 0 Å². The Bertz CT molecular complexity index is 404. The van der Waals surface area contributed by atoms with E-state index in [0.717, 1.165) is 37.0 Å². The van der Waals surface area contributed by atoms with Gasteiger partial charge in [0.1, 0.15) is 6.04 Å². The summed E-state index contributed by atoms with van der Waals surface area (Å²) in [4.78, 5) is 37.2. The highest BCUT2D eigenvalue weighted by Gasteiger charge is 2.45. The van der Waals surface area contributed by atoms with Gasteiger partial charge in [-0.15, -0.1) is 0 Å². The number of hydrogen-bond acceptors (Lipinski definition) is 3. The Balaban J connectivity index is 2.22. The number of nitrogens with zero attached hydrogens (tertiary/aromatic N) is 1. The zero-order valence-corrected chi connectivity index (χ0v) is 12.2. The quantitative estimate of drug-likeness (QED) is 0.805. The fourth-order valence-electron chi connectivity index (χ4n) is 3.47. The van der Waals surface area contributed by atoms with Gasteiger partial charge in [0.2, 0.25) is 11.8 Å². The summed E-state index contributed by atoms with van der Waals surface area (Å²) >= 11 is 0. The first-order chi connectivity index (χ1) is 9.32. The maximum atomic E-state index is 12.3. The molecule has 5 heteroatoms. The van der Waals surface area contributed by atoms with Gasteiger partial charge in [-0.05, 0) is 24.2 Å². The Morgan fingerprint density at radius 1 is 1.15 bits per heavy atom. The Labute approximate surface area is 119 Å². The second-order valence-electron chi connectivity index (χ2n) is 6.86. The molecule has 112 valence electrons. The maximum absolute atomic E-state index is 12.3. The molecule has 1 N–H and O–H groups in total. The van der Waals surface area contributed by atoms with Gasteiger partial charge < -0.3 is 5.11 Å². The molecule has 1 heterocycles. The monoisotopic (exact) mass is 281 g/mol. The SMILES string of the molecule is CC1(C)CC(=O)N(C(C(=O)O)C2CCCCC2)C(=O)C1. The molecule has 20 heavy (non-hydrogen) atoms. The molecule has 5 nitrogen and oxygen atoms in total. The van der Waals surface area contributed by atoms with Gasteiger partial charge >= 0.3 is 5.97 Å². The third-order valence-corrected chi connectivity index (χ3v) is 4.42. The van der Waals surface area contributed by atoms with Crippen LogP contribution in [0.3, 0.4) is 0 Å². The molecule has 0 aromatic rings. The van der Waals surface area contributed by atoms with Crippen molar-refractivity contribution in [3.8, 4) is 0 Å². The molecule has 0 bridgehead atoms. The number of rotatable bonds is 3. The van der Waals surface area contributed by atoms with E-state index in [-0.39, 0.29) is 36.0 Å². The zero-order valence-electron chi connectivity index (χ0n) is 12.2. The molecule has 0 aromatic heterocycles. The van der Waals surface area contributed by atoms with E-state index in [2.05, 4.69) is 0 Å². The predicted molar refractivity (Wildman–Crippen MR) is 72.9 cm³/mol.